The van der Waals surface area contributed by atoms with Gasteiger partial charge in [0.2, 0.25) is 0 Å². The van der Waals surface area contributed by atoms with Crippen LogP contribution in [0.15, 0.2) is 24.3 Å². The zero-order valence-corrected chi connectivity index (χ0v) is 13.2. The maximum absolute atomic E-state index is 5.77. The highest BCUT2D eigenvalue weighted by Crippen LogP contribution is 2.24. The lowest BCUT2D eigenvalue weighted by atomic mass is 9.87. The molecule has 1 fully saturated rings. The zero-order valence-electron chi connectivity index (χ0n) is 13.2. The van der Waals surface area contributed by atoms with Crippen LogP contribution in [-0.2, 0) is 10.2 Å². The molecule has 1 atom stereocenters. The van der Waals surface area contributed by atoms with Gasteiger partial charge in [-0.2, -0.15) is 0 Å². The van der Waals surface area contributed by atoms with E-state index in [0.717, 1.165) is 13.2 Å². The number of anilines is 1. The molecule has 2 nitrogen and oxygen atoms in total. The molecule has 112 valence electrons. The van der Waals surface area contributed by atoms with E-state index in [9.17, 15) is 0 Å². The van der Waals surface area contributed by atoms with Crippen LogP contribution in [0.3, 0.4) is 0 Å². The molecule has 1 N–H and O–H groups in total. The molecule has 0 bridgehead atoms. The molecule has 0 aliphatic carbocycles. The van der Waals surface area contributed by atoms with E-state index in [1.54, 1.807) is 0 Å². The SMILES string of the molecule is CC(C)(C)c1cccc(NCCCC2CCCCO2)c1. The Balaban J connectivity index is 1.73. The molecule has 0 radical (unpaired) electrons. The molecule has 1 saturated heterocycles. The van der Waals surface area contributed by atoms with Crippen molar-refractivity contribution in [3.63, 3.8) is 0 Å². The van der Waals surface area contributed by atoms with Crippen LogP contribution < -0.4 is 5.32 Å². The van der Waals surface area contributed by atoms with Gasteiger partial charge >= 0.3 is 0 Å². The van der Waals surface area contributed by atoms with E-state index in [4.69, 9.17) is 4.74 Å². The lowest BCUT2D eigenvalue weighted by Crippen LogP contribution is -2.19. The Morgan fingerprint density at radius 3 is 2.80 bits per heavy atom. The third-order valence-electron chi connectivity index (χ3n) is 4.03. The summed E-state index contributed by atoms with van der Waals surface area (Å²) in [4.78, 5) is 0. The highest BCUT2D eigenvalue weighted by atomic mass is 16.5. The van der Waals surface area contributed by atoms with Gasteiger partial charge in [0, 0.05) is 18.8 Å². The Morgan fingerprint density at radius 1 is 1.25 bits per heavy atom. The van der Waals surface area contributed by atoms with Crippen molar-refractivity contribution in [1.82, 2.24) is 0 Å². The maximum Gasteiger partial charge on any atom is 0.0575 e. The number of hydrogen-bond donors (Lipinski definition) is 1. The predicted octanol–water partition coefficient (Wildman–Crippen LogP) is 4.75. The van der Waals surface area contributed by atoms with Gasteiger partial charge in [-0.1, -0.05) is 32.9 Å². The minimum atomic E-state index is 0.216. The zero-order chi connectivity index (χ0) is 14.4. The van der Waals surface area contributed by atoms with E-state index >= 15 is 0 Å². The van der Waals surface area contributed by atoms with Gasteiger partial charge in [-0.15, -0.1) is 0 Å². The van der Waals surface area contributed by atoms with Crippen LogP contribution in [0.1, 0.15) is 58.4 Å². The third kappa shape index (κ3) is 4.82. The fraction of sp³-hybridized carbons (Fsp3) is 0.667. The van der Waals surface area contributed by atoms with Crippen molar-refractivity contribution in [3.05, 3.63) is 29.8 Å². The van der Waals surface area contributed by atoms with Crippen LogP contribution in [0.25, 0.3) is 0 Å². The molecule has 1 aliphatic heterocycles. The monoisotopic (exact) mass is 275 g/mol. The van der Waals surface area contributed by atoms with Crippen molar-refractivity contribution >= 4 is 5.69 Å². The third-order valence-corrected chi connectivity index (χ3v) is 4.03. The molecule has 1 heterocycles. The standard InChI is InChI=1S/C18H29NO/c1-18(2,3)15-8-6-9-16(14-15)19-12-7-11-17-10-4-5-13-20-17/h6,8-9,14,17,19H,4-5,7,10-13H2,1-3H3. The molecular weight excluding hydrogens is 246 g/mol. The lowest BCUT2D eigenvalue weighted by Gasteiger charge is -2.22. The molecule has 1 unspecified atom stereocenters. The van der Waals surface area contributed by atoms with Crippen molar-refractivity contribution in [1.29, 1.82) is 0 Å². The van der Waals surface area contributed by atoms with E-state index in [0.29, 0.717) is 6.10 Å². The summed E-state index contributed by atoms with van der Waals surface area (Å²) in [5, 5.41) is 3.54. The summed E-state index contributed by atoms with van der Waals surface area (Å²) in [6, 6.07) is 8.79. The van der Waals surface area contributed by atoms with Crippen LogP contribution in [0, 0.1) is 0 Å². The Kier molecular flexibility index (Phi) is 5.47. The molecule has 1 aromatic carbocycles. The van der Waals surface area contributed by atoms with Crippen LogP contribution in [0.5, 0.6) is 0 Å². The Hall–Kier alpha value is -1.02. The smallest absolute Gasteiger partial charge is 0.0575 e. The van der Waals surface area contributed by atoms with E-state index < -0.39 is 0 Å². The second-order valence-electron chi connectivity index (χ2n) is 6.89. The second kappa shape index (κ2) is 7.12. The summed E-state index contributed by atoms with van der Waals surface area (Å²) in [6.45, 7) is 8.77. The van der Waals surface area contributed by atoms with Gasteiger partial charge in [-0.3, -0.25) is 0 Å². The van der Waals surface area contributed by atoms with E-state index in [1.807, 2.05) is 0 Å². The van der Waals surface area contributed by atoms with Crippen LogP contribution in [0.2, 0.25) is 0 Å². The van der Waals surface area contributed by atoms with Crippen LogP contribution in [0.4, 0.5) is 5.69 Å². The average molecular weight is 275 g/mol. The summed E-state index contributed by atoms with van der Waals surface area (Å²) in [7, 11) is 0. The van der Waals surface area contributed by atoms with Gasteiger partial charge in [-0.25, -0.2) is 0 Å². The minimum Gasteiger partial charge on any atom is -0.385 e. The first-order valence-electron chi connectivity index (χ1n) is 8.02. The number of nitrogens with one attached hydrogen (secondary N) is 1. The highest BCUT2D eigenvalue weighted by Gasteiger charge is 2.14. The molecular formula is C18H29NO. The quantitative estimate of drug-likeness (QED) is 0.783. The Morgan fingerprint density at radius 2 is 2.10 bits per heavy atom. The van der Waals surface area contributed by atoms with Gasteiger partial charge in [0.15, 0.2) is 0 Å². The topological polar surface area (TPSA) is 21.3 Å². The molecule has 1 aliphatic rings. The molecule has 0 aromatic heterocycles. The van der Waals surface area contributed by atoms with Crippen LogP contribution in [-0.4, -0.2) is 19.3 Å². The molecule has 1 aromatic rings. The predicted molar refractivity (Wildman–Crippen MR) is 86.5 cm³/mol. The van der Waals surface area contributed by atoms with E-state index in [2.05, 4.69) is 50.4 Å². The largest absolute Gasteiger partial charge is 0.385 e. The lowest BCUT2D eigenvalue weighted by molar-refractivity contribution is 0.0107. The summed E-state index contributed by atoms with van der Waals surface area (Å²) < 4.78 is 5.77. The van der Waals surface area contributed by atoms with Crippen molar-refractivity contribution in [2.24, 2.45) is 0 Å². The average Bonchev–Trinajstić information content (AvgIpc) is 2.44. The number of hydrogen-bond acceptors (Lipinski definition) is 2. The fourth-order valence-corrected chi connectivity index (χ4v) is 2.69. The summed E-state index contributed by atoms with van der Waals surface area (Å²) >= 11 is 0. The number of rotatable bonds is 5. The molecule has 20 heavy (non-hydrogen) atoms. The van der Waals surface area contributed by atoms with Gasteiger partial charge < -0.3 is 10.1 Å². The maximum atomic E-state index is 5.77. The van der Waals surface area contributed by atoms with Gasteiger partial charge in [0.1, 0.15) is 0 Å². The van der Waals surface area contributed by atoms with Gasteiger partial charge in [-0.05, 0) is 55.2 Å². The number of ether oxygens (including phenoxy) is 1. The first kappa shape index (κ1) is 15.4. The minimum absolute atomic E-state index is 0.216. The van der Waals surface area contributed by atoms with E-state index in [-0.39, 0.29) is 5.41 Å². The summed E-state index contributed by atoms with van der Waals surface area (Å²) in [5.41, 5.74) is 2.84. The van der Waals surface area contributed by atoms with Crippen molar-refractivity contribution < 1.29 is 4.74 Å². The summed E-state index contributed by atoms with van der Waals surface area (Å²) in [5.74, 6) is 0. The Bertz CT molecular complexity index is 402. The molecule has 0 saturated carbocycles. The van der Waals surface area contributed by atoms with Crippen molar-refractivity contribution in [3.8, 4) is 0 Å². The van der Waals surface area contributed by atoms with Crippen molar-refractivity contribution in [2.45, 2.75) is 64.4 Å². The van der Waals surface area contributed by atoms with Crippen molar-refractivity contribution in [2.75, 3.05) is 18.5 Å². The second-order valence-corrected chi connectivity index (χ2v) is 6.89. The van der Waals surface area contributed by atoms with Gasteiger partial charge in [0.25, 0.3) is 0 Å². The highest BCUT2D eigenvalue weighted by molar-refractivity contribution is 5.47. The normalized spacial score (nSPS) is 19.9. The first-order chi connectivity index (χ1) is 9.55. The van der Waals surface area contributed by atoms with E-state index in [1.165, 1.54) is 43.4 Å². The molecule has 2 rings (SSSR count). The first-order valence-corrected chi connectivity index (χ1v) is 8.02. The van der Waals surface area contributed by atoms with Gasteiger partial charge in [0.05, 0.1) is 6.10 Å². The molecule has 0 amide bonds. The number of benzene rings is 1. The molecule has 2 heteroatoms. The summed E-state index contributed by atoms with van der Waals surface area (Å²) in [6.07, 6.45) is 6.71. The van der Waals surface area contributed by atoms with Crippen LogP contribution >= 0.6 is 0 Å². The Labute approximate surface area is 123 Å². The molecule has 0 spiro atoms. The fourth-order valence-electron chi connectivity index (χ4n) is 2.69.